The Labute approximate surface area is 207 Å². The number of aliphatic hydroxyl groups excluding tert-OH is 1. The van der Waals surface area contributed by atoms with Crippen LogP contribution in [0.3, 0.4) is 0 Å². The topological polar surface area (TPSA) is 118 Å². The number of hydrogen-bond donors (Lipinski definition) is 5. The van der Waals surface area contributed by atoms with Crippen LogP contribution in [0.15, 0.2) is 58.4 Å². The summed E-state index contributed by atoms with van der Waals surface area (Å²) >= 11 is 6.05. The third-order valence-corrected chi connectivity index (χ3v) is 6.31. The summed E-state index contributed by atoms with van der Waals surface area (Å²) in [5.41, 5.74) is 4.75. The first kappa shape index (κ1) is 23.1. The van der Waals surface area contributed by atoms with Crippen LogP contribution in [0.1, 0.15) is 36.6 Å². The number of aromatic nitrogens is 3. The van der Waals surface area contributed by atoms with Crippen molar-refractivity contribution in [3.8, 4) is 11.4 Å². The predicted molar refractivity (Wildman–Crippen MR) is 140 cm³/mol. The molecule has 1 atom stereocenters. The minimum atomic E-state index is -0.801. The van der Waals surface area contributed by atoms with Gasteiger partial charge in [0.05, 0.1) is 28.4 Å². The molecule has 1 aliphatic heterocycles. The second-order valence-corrected chi connectivity index (χ2v) is 9.88. The van der Waals surface area contributed by atoms with Crippen LogP contribution in [0.5, 0.6) is 0 Å². The Morgan fingerprint density at radius 2 is 2.06 bits per heavy atom. The van der Waals surface area contributed by atoms with Gasteiger partial charge in [-0.3, -0.25) is 9.79 Å². The van der Waals surface area contributed by atoms with E-state index in [4.69, 9.17) is 21.6 Å². The van der Waals surface area contributed by atoms with Crippen molar-refractivity contribution in [2.75, 3.05) is 18.4 Å². The van der Waals surface area contributed by atoms with E-state index >= 15 is 0 Å². The molecule has 2 aromatic heterocycles. The number of imidazole rings is 1. The van der Waals surface area contributed by atoms with Gasteiger partial charge in [0.25, 0.3) is 5.56 Å². The lowest BCUT2D eigenvalue weighted by Gasteiger charge is -2.15. The number of anilines is 1. The minimum absolute atomic E-state index is 0.148. The molecule has 0 aliphatic carbocycles. The Kier molecular flexibility index (Phi) is 5.86. The van der Waals surface area contributed by atoms with Gasteiger partial charge in [-0.1, -0.05) is 23.7 Å². The third-order valence-electron chi connectivity index (χ3n) is 6.07. The zero-order valence-electron chi connectivity index (χ0n) is 19.7. The molecular formula is C26H27ClN6O2. The summed E-state index contributed by atoms with van der Waals surface area (Å²) in [6.07, 6.45) is 0.766. The molecule has 3 heterocycles. The monoisotopic (exact) mass is 490 g/mol. The summed E-state index contributed by atoms with van der Waals surface area (Å²) in [6.45, 7) is 7.15. The summed E-state index contributed by atoms with van der Waals surface area (Å²) in [7, 11) is 0. The van der Waals surface area contributed by atoms with Crippen molar-refractivity contribution < 1.29 is 5.11 Å². The first-order valence-corrected chi connectivity index (χ1v) is 11.8. The van der Waals surface area contributed by atoms with Gasteiger partial charge in [-0.15, -0.1) is 0 Å². The quantitative estimate of drug-likeness (QED) is 0.278. The van der Waals surface area contributed by atoms with E-state index in [0.29, 0.717) is 27.7 Å². The van der Waals surface area contributed by atoms with Gasteiger partial charge in [-0.25, -0.2) is 4.98 Å². The molecule has 0 bridgehead atoms. The summed E-state index contributed by atoms with van der Waals surface area (Å²) in [5.74, 6) is 1.30. The molecule has 0 fully saturated rings. The van der Waals surface area contributed by atoms with Crippen LogP contribution in [0.4, 0.5) is 5.69 Å². The highest BCUT2D eigenvalue weighted by Crippen LogP contribution is 2.28. The van der Waals surface area contributed by atoms with Gasteiger partial charge < -0.3 is 25.7 Å². The molecule has 0 radical (unpaired) electrons. The Hall–Kier alpha value is -3.62. The largest absolute Gasteiger partial charge is 0.387 e. The van der Waals surface area contributed by atoms with E-state index in [-0.39, 0.29) is 17.6 Å². The van der Waals surface area contributed by atoms with Crippen LogP contribution < -0.4 is 16.2 Å². The SMILES string of the molecule is Cc1cc(C2=NC(C)(C)CN2)cc2[nH]c(-c3c(NCC(O)c4cccc(Cl)c4)cc[nH]c3=O)nc12. The molecule has 0 amide bonds. The number of H-pyrrole nitrogens is 2. The number of fused-ring (bicyclic) bond motifs is 1. The minimum Gasteiger partial charge on any atom is -0.387 e. The fraction of sp³-hybridized carbons (Fsp3) is 0.269. The van der Waals surface area contributed by atoms with Crippen LogP contribution in [0.2, 0.25) is 5.02 Å². The van der Waals surface area contributed by atoms with Crippen molar-refractivity contribution in [1.29, 1.82) is 0 Å². The maximum absolute atomic E-state index is 12.8. The molecule has 4 aromatic rings. The van der Waals surface area contributed by atoms with Crippen molar-refractivity contribution >= 4 is 34.2 Å². The van der Waals surface area contributed by atoms with Crippen molar-refractivity contribution in [2.24, 2.45) is 4.99 Å². The van der Waals surface area contributed by atoms with E-state index < -0.39 is 6.10 Å². The second kappa shape index (κ2) is 8.87. The zero-order valence-corrected chi connectivity index (χ0v) is 20.5. The summed E-state index contributed by atoms with van der Waals surface area (Å²) in [6, 6.07) is 12.9. The molecule has 5 N–H and O–H groups in total. The summed E-state index contributed by atoms with van der Waals surface area (Å²) in [5, 5.41) is 17.7. The zero-order chi connectivity index (χ0) is 24.7. The van der Waals surface area contributed by atoms with Gasteiger partial charge in [0, 0.05) is 29.9 Å². The number of aromatic amines is 2. The predicted octanol–water partition coefficient (Wildman–Crippen LogP) is 4.15. The van der Waals surface area contributed by atoms with E-state index in [0.717, 1.165) is 34.5 Å². The van der Waals surface area contributed by atoms with Crippen molar-refractivity contribution in [3.05, 3.63) is 80.7 Å². The van der Waals surface area contributed by atoms with Crippen molar-refractivity contribution in [1.82, 2.24) is 20.3 Å². The van der Waals surface area contributed by atoms with Crippen LogP contribution in [0, 0.1) is 6.92 Å². The molecule has 2 aromatic carbocycles. The van der Waals surface area contributed by atoms with E-state index in [9.17, 15) is 9.90 Å². The van der Waals surface area contributed by atoms with Crippen LogP contribution in [-0.2, 0) is 0 Å². The van der Waals surface area contributed by atoms with E-state index in [1.54, 1.807) is 36.5 Å². The summed E-state index contributed by atoms with van der Waals surface area (Å²) < 4.78 is 0. The van der Waals surface area contributed by atoms with Crippen LogP contribution in [0.25, 0.3) is 22.4 Å². The fourth-order valence-corrected chi connectivity index (χ4v) is 4.49. The molecule has 0 saturated carbocycles. The molecule has 0 spiro atoms. The molecule has 5 rings (SSSR count). The molecule has 8 nitrogen and oxygen atoms in total. The molecule has 180 valence electrons. The van der Waals surface area contributed by atoms with Crippen molar-refractivity contribution in [2.45, 2.75) is 32.4 Å². The highest BCUT2D eigenvalue weighted by Gasteiger charge is 2.25. The van der Waals surface area contributed by atoms with Gasteiger partial charge >= 0.3 is 0 Å². The lowest BCUT2D eigenvalue weighted by molar-refractivity contribution is 0.191. The first-order chi connectivity index (χ1) is 16.7. The van der Waals surface area contributed by atoms with Crippen molar-refractivity contribution in [3.63, 3.8) is 0 Å². The molecule has 1 unspecified atom stereocenters. The van der Waals surface area contributed by atoms with Gasteiger partial charge in [0.1, 0.15) is 17.2 Å². The Morgan fingerprint density at radius 3 is 2.80 bits per heavy atom. The molecule has 1 aliphatic rings. The van der Waals surface area contributed by atoms with Gasteiger partial charge in [0.2, 0.25) is 0 Å². The van der Waals surface area contributed by atoms with E-state index in [2.05, 4.69) is 40.5 Å². The fourth-order valence-electron chi connectivity index (χ4n) is 4.29. The molecule has 9 heteroatoms. The number of aliphatic hydroxyl groups is 1. The average molecular weight is 491 g/mol. The number of aryl methyl sites for hydroxylation is 1. The number of aliphatic imine (C=N–C) groups is 1. The first-order valence-electron chi connectivity index (χ1n) is 11.4. The second-order valence-electron chi connectivity index (χ2n) is 9.45. The lowest BCUT2D eigenvalue weighted by Crippen LogP contribution is -2.26. The van der Waals surface area contributed by atoms with Crippen LogP contribution >= 0.6 is 11.6 Å². The Morgan fingerprint density at radius 1 is 1.23 bits per heavy atom. The number of nitrogens with zero attached hydrogens (tertiary/aromatic N) is 2. The van der Waals surface area contributed by atoms with E-state index in [1.165, 1.54) is 0 Å². The number of rotatable bonds is 6. The van der Waals surface area contributed by atoms with Gasteiger partial charge in [-0.2, -0.15) is 0 Å². The highest BCUT2D eigenvalue weighted by molar-refractivity contribution is 6.30. The number of benzene rings is 2. The summed E-state index contributed by atoms with van der Waals surface area (Å²) in [4.78, 5) is 28.4. The highest BCUT2D eigenvalue weighted by atomic mass is 35.5. The number of hydrogen-bond acceptors (Lipinski definition) is 6. The lowest BCUT2D eigenvalue weighted by atomic mass is 10.1. The third kappa shape index (κ3) is 4.67. The van der Waals surface area contributed by atoms with Gasteiger partial charge in [0.15, 0.2) is 0 Å². The normalized spacial score (nSPS) is 15.6. The average Bonchev–Trinajstić information content (AvgIpc) is 3.40. The smallest absolute Gasteiger partial charge is 0.261 e. The number of amidine groups is 1. The number of nitrogens with one attached hydrogen (secondary N) is 4. The molecule has 0 saturated heterocycles. The van der Waals surface area contributed by atoms with Gasteiger partial charge in [-0.05, 0) is 62.2 Å². The van der Waals surface area contributed by atoms with E-state index in [1.807, 2.05) is 13.0 Å². The Balaban J connectivity index is 1.48. The number of pyridine rings is 1. The standard InChI is InChI=1S/C26H27ClN6O2/c1-14-9-16(23-30-13-26(2,3)33-23)11-19-22(14)32-24(31-19)21-18(7-8-28-25(21)35)29-12-20(34)15-5-4-6-17(27)10-15/h4-11,20,34H,12-13H2,1-3H3,(H,30,33)(H,31,32)(H2,28,29,35). The number of halogens is 1. The Bertz CT molecular complexity index is 1500. The molecular weight excluding hydrogens is 464 g/mol. The maximum atomic E-state index is 12.8. The van der Waals surface area contributed by atoms with Crippen LogP contribution in [-0.4, -0.2) is 44.5 Å². The maximum Gasteiger partial charge on any atom is 0.261 e. The molecule has 35 heavy (non-hydrogen) atoms.